The van der Waals surface area contributed by atoms with Crippen molar-refractivity contribution in [2.45, 2.75) is 33.2 Å². The smallest absolute Gasteiger partial charge is 0.410 e. The first-order valence-corrected chi connectivity index (χ1v) is 11.8. The first-order valence-electron chi connectivity index (χ1n) is 11.1. The zero-order chi connectivity index (χ0) is 25.6. The normalized spacial score (nSPS) is 10.9. The molecule has 3 amide bonds. The Bertz CT molecular complexity index is 1180. The topological polar surface area (TPSA) is 70.2 Å². The molecule has 0 saturated heterocycles. The van der Waals surface area contributed by atoms with Crippen LogP contribution in [0, 0.1) is 6.92 Å². The van der Waals surface area contributed by atoms with Crippen molar-refractivity contribution in [2.24, 2.45) is 0 Å². The fraction of sp³-hybridized carbons (Fsp3) is 0.222. The summed E-state index contributed by atoms with van der Waals surface area (Å²) in [5.74, 6) is -0.447. The summed E-state index contributed by atoms with van der Waals surface area (Å²) >= 11 is 0.785. The Balaban J connectivity index is 1.96. The van der Waals surface area contributed by atoms with Crippen LogP contribution in [0.4, 0.5) is 4.79 Å². The number of hydrogen-bond donors (Lipinski definition) is 0. The minimum atomic E-state index is -0.800. The van der Waals surface area contributed by atoms with Crippen molar-refractivity contribution in [3.8, 4) is 5.75 Å². The second-order valence-corrected chi connectivity index (χ2v) is 9.92. The maximum Gasteiger partial charge on any atom is 0.426 e. The van der Waals surface area contributed by atoms with Crippen molar-refractivity contribution in [1.82, 2.24) is 13.7 Å². The van der Waals surface area contributed by atoms with E-state index in [2.05, 4.69) is 0 Å². The molecule has 0 aliphatic carbocycles. The molecule has 3 aromatic carbocycles. The van der Waals surface area contributed by atoms with Crippen molar-refractivity contribution >= 4 is 30.0 Å². The molecule has 0 aromatic heterocycles. The third-order valence-electron chi connectivity index (χ3n) is 4.88. The molecule has 0 aliphatic heterocycles. The van der Waals surface area contributed by atoms with E-state index < -0.39 is 17.5 Å². The Morgan fingerprint density at radius 2 is 1.31 bits per heavy atom. The lowest BCUT2D eigenvalue weighted by Gasteiger charge is -2.42. The summed E-state index contributed by atoms with van der Waals surface area (Å²) in [5, 5.41) is 1.36. The van der Waals surface area contributed by atoms with Crippen LogP contribution in [-0.4, -0.2) is 44.2 Å². The first-order chi connectivity index (χ1) is 16.6. The average molecular weight is 492 g/mol. The standard InChI is InChI=1S/C27H29N3O4S/c1-20-13-12-18-23(19-20)34-26(33)28(5)35-30(25(32)22-16-10-7-11-17-22)29(27(2,3)4)24(31)21-14-8-6-9-15-21/h6-19H,1-5H3. The zero-order valence-corrected chi connectivity index (χ0v) is 21.3. The summed E-state index contributed by atoms with van der Waals surface area (Å²) in [6, 6.07) is 24.4. The van der Waals surface area contributed by atoms with Gasteiger partial charge in [-0.1, -0.05) is 48.5 Å². The number of hydrazine groups is 1. The Hall–Kier alpha value is -3.78. The van der Waals surface area contributed by atoms with Gasteiger partial charge in [0.2, 0.25) is 0 Å². The van der Waals surface area contributed by atoms with Crippen LogP contribution < -0.4 is 4.74 Å². The van der Waals surface area contributed by atoms with Gasteiger partial charge in [0.05, 0.1) is 5.54 Å². The van der Waals surface area contributed by atoms with Crippen LogP contribution >= 0.6 is 12.1 Å². The van der Waals surface area contributed by atoms with Crippen molar-refractivity contribution < 1.29 is 19.1 Å². The number of hydrogen-bond acceptors (Lipinski definition) is 5. The van der Waals surface area contributed by atoms with Crippen molar-refractivity contribution in [3.05, 3.63) is 102 Å². The molecule has 0 aliphatic rings. The summed E-state index contributed by atoms with van der Waals surface area (Å²) in [7, 11) is 1.49. The number of carbonyl (C=O) groups is 3. The lowest BCUT2D eigenvalue weighted by atomic mass is 10.1. The SMILES string of the molecule is Cc1cccc(OC(=O)N(C)SN(C(=O)c2ccccc2)N(C(=O)c2ccccc2)C(C)(C)C)c1. The lowest BCUT2D eigenvalue weighted by molar-refractivity contribution is -0.00126. The van der Waals surface area contributed by atoms with Crippen LogP contribution in [0.15, 0.2) is 84.9 Å². The van der Waals surface area contributed by atoms with Crippen molar-refractivity contribution in [2.75, 3.05) is 7.05 Å². The third kappa shape index (κ3) is 6.64. The number of benzene rings is 3. The van der Waals surface area contributed by atoms with E-state index in [0.717, 1.165) is 17.7 Å². The molecule has 0 saturated carbocycles. The highest BCUT2D eigenvalue weighted by atomic mass is 32.2. The molecule has 0 unspecified atom stereocenters. The van der Waals surface area contributed by atoms with Gasteiger partial charge < -0.3 is 4.74 Å². The molecule has 0 radical (unpaired) electrons. The van der Waals surface area contributed by atoms with Gasteiger partial charge in [-0.05, 0) is 69.7 Å². The lowest BCUT2D eigenvalue weighted by Crippen LogP contribution is -2.56. The van der Waals surface area contributed by atoms with Crippen LogP contribution in [-0.2, 0) is 0 Å². The van der Waals surface area contributed by atoms with Gasteiger partial charge in [-0.2, -0.15) is 4.41 Å². The van der Waals surface area contributed by atoms with Crippen LogP contribution in [0.1, 0.15) is 47.1 Å². The van der Waals surface area contributed by atoms with Gasteiger partial charge in [-0.3, -0.25) is 9.59 Å². The van der Waals surface area contributed by atoms with Crippen molar-refractivity contribution in [1.29, 1.82) is 0 Å². The molecular weight excluding hydrogens is 462 g/mol. The van der Waals surface area contributed by atoms with Gasteiger partial charge in [-0.15, -0.1) is 0 Å². The molecule has 0 fully saturated rings. The second-order valence-electron chi connectivity index (χ2n) is 8.86. The molecule has 0 spiro atoms. The largest absolute Gasteiger partial charge is 0.426 e. The predicted molar refractivity (Wildman–Crippen MR) is 138 cm³/mol. The molecule has 7 nitrogen and oxygen atoms in total. The van der Waals surface area contributed by atoms with Crippen LogP contribution in [0.2, 0.25) is 0 Å². The first kappa shape index (κ1) is 25.8. The summed E-state index contributed by atoms with van der Waals surface area (Å²) in [5.41, 5.74) is 0.930. The van der Waals surface area contributed by atoms with E-state index in [-0.39, 0.29) is 5.91 Å². The number of aryl methyl sites for hydroxylation is 1. The fourth-order valence-electron chi connectivity index (χ4n) is 3.21. The number of rotatable bonds is 5. The van der Waals surface area contributed by atoms with E-state index in [1.165, 1.54) is 20.8 Å². The molecular formula is C27H29N3O4S. The molecule has 0 bridgehead atoms. The minimum absolute atomic E-state index is 0.371. The quantitative estimate of drug-likeness (QED) is 0.324. The Morgan fingerprint density at radius 1 is 0.771 bits per heavy atom. The van der Waals surface area contributed by atoms with E-state index in [0.29, 0.717) is 16.9 Å². The predicted octanol–water partition coefficient (Wildman–Crippen LogP) is 5.99. The highest BCUT2D eigenvalue weighted by Crippen LogP contribution is 2.30. The van der Waals surface area contributed by atoms with Gasteiger partial charge in [0.25, 0.3) is 11.8 Å². The molecule has 3 rings (SSSR count). The maximum atomic E-state index is 13.7. The van der Waals surface area contributed by atoms with Gasteiger partial charge in [-0.25, -0.2) is 14.1 Å². The molecule has 182 valence electrons. The van der Waals surface area contributed by atoms with Crippen LogP contribution in [0.25, 0.3) is 0 Å². The van der Waals surface area contributed by atoms with Gasteiger partial charge in [0.1, 0.15) is 17.9 Å². The van der Waals surface area contributed by atoms with E-state index in [1.54, 1.807) is 72.8 Å². The maximum absolute atomic E-state index is 13.7. The molecule has 0 atom stereocenters. The summed E-state index contributed by atoms with van der Waals surface area (Å²) < 4.78 is 7.87. The minimum Gasteiger partial charge on any atom is -0.410 e. The summed E-state index contributed by atoms with van der Waals surface area (Å²) in [4.78, 5) is 40.2. The third-order valence-corrected chi connectivity index (χ3v) is 5.75. The van der Waals surface area contributed by atoms with Crippen LogP contribution in [0.5, 0.6) is 5.75 Å². The van der Waals surface area contributed by atoms with Crippen molar-refractivity contribution in [3.63, 3.8) is 0 Å². The number of carbonyl (C=O) groups excluding carboxylic acids is 3. The summed E-state index contributed by atoms with van der Waals surface area (Å²) in [6.45, 7) is 7.37. The highest BCUT2D eigenvalue weighted by molar-refractivity contribution is 7.95. The molecule has 8 heteroatoms. The van der Waals surface area contributed by atoms with Gasteiger partial charge in [0, 0.05) is 18.2 Å². The number of nitrogens with zero attached hydrogens (tertiary/aromatic N) is 3. The Morgan fingerprint density at radius 3 is 1.83 bits per heavy atom. The Labute approximate surface area is 210 Å². The summed E-state index contributed by atoms with van der Waals surface area (Å²) in [6.07, 6.45) is -0.688. The molecule has 0 N–H and O–H groups in total. The Kier molecular flexibility index (Phi) is 8.19. The van der Waals surface area contributed by atoms with Crippen LogP contribution in [0.3, 0.4) is 0 Å². The number of ether oxygens (including phenoxy) is 1. The highest BCUT2D eigenvalue weighted by Gasteiger charge is 2.38. The number of amides is 3. The van der Waals surface area contributed by atoms with E-state index >= 15 is 0 Å². The van der Waals surface area contributed by atoms with Gasteiger partial charge in [0.15, 0.2) is 0 Å². The zero-order valence-electron chi connectivity index (χ0n) is 20.5. The fourth-order valence-corrected chi connectivity index (χ4v) is 4.12. The molecule has 3 aromatic rings. The monoisotopic (exact) mass is 491 g/mol. The second kappa shape index (κ2) is 11.1. The van der Waals surface area contributed by atoms with E-state index in [4.69, 9.17) is 4.74 Å². The average Bonchev–Trinajstić information content (AvgIpc) is 2.83. The van der Waals surface area contributed by atoms with Gasteiger partial charge >= 0.3 is 6.09 Å². The van der Waals surface area contributed by atoms with E-state index in [1.807, 2.05) is 39.8 Å². The van der Waals surface area contributed by atoms with E-state index in [9.17, 15) is 14.4 Å². The molecule has 0 heterocycles. The molecule has 35 heavy (non-hydrogen) atoms.